The number of methoxy groups -OCH3 is 2. The van der Waals surface area contributed by atoms with Crippen molar-refractivity contribution in [3.63, 3.8) is 0 Å². The van der Waals surface area contributed by atoms with Crippen molar-refractivity contribution in [1.29, 1.82) is 0 Å². The van der Waals surface area contributed by atoms with Gasteiger partial charge in [0.15, 0.2) is 11.1 Å². The lowest BCUT2D eigenvalue weighted by Crippen LogP contribution is -2.03. The number of benzene rings is 1. The average molecular weight is 230 g/mol. The van der Waals surface area contributed by atoms with Crippen LogP contribution >= 0.6 is 0 Å². The molecule has 0 bridgehead atoms. The minimum absolute atomic E-state index is 0.0420. The van der Waals surface area contributed by atoms with Gasteiger partial charge in [-0.2, -0.15) is 0 Å². The van der Waals surface area contributed by atoms with Gasteiger partial charge in [0.05, 0.1) is 19.8 Å². The van der Waals surface area contributed by atoms with Gasteiger partial charge in [-0.05, 0) is 18.2 Å². The van der Waals surface area contributed by atoms with Crippen LogP contribution in [-0.2, 0) is 15.8 Å². The molecule has 0 amide bonds. The molecule has 0 saturated heterocycles. The van der Waals surface area contributed by atoms with Crippen molar-refractivity contribution in [2.24, 2.45) is 0 Å². The van der Waals surface area contributed by atoms with E-state index in [1.807, 2.05) is 0 Å². The maximum atomic E-state index is 11.1. The van der Waals surface area contributed by atoms with E-state index in [4.69, 9.17) is 9.29 Å². The molecular weight excluding hydrogens is 220 g/mol. The first kappa shape index (κ1) is 11.7. The number of hydrogen-bond acceptors (Lipinski definition) is 4. The van der Waals surface area contributed by atoms with Crippen molar-refractivity contribution in [3.05, 3.63) is 23.8 Å². The topological polar surface area (TPSA) is 72.8 Å². The molecule has 0 aromatic heterocycles. The zero-order valence-corrected chi connectivity index (χ0v) is 9.04. The molecule has 82 valence electrons. The van der Waals surface area contributed by atoms with Crippen LogP contribution in [0.25, 0.3) is 0 Å². The Labute approximate surface area is 89.3 Å². The number of carbonyl (C=O) groups excluding carboxylic acids is 1. The summed E-state index contributed by atoms with van der Waals surface area (Å²) in [5, 5.41) is 0. The second kappa shape index (κ2) is 4.90. The zero-order valence-electron chi connectivity index (χ0n) is 8.22. The van der Waals surface area contributed by atoms with Crippen LogP contribution < -0.4 is 4.74 Å². The first-order valence-corrected chi connectivity index (χ1v) is 5.08. The average Bonchev–Trinajstić information content (AvgIpc) is 2.27. The predicted molar refractivity (Wildman–Crippen MR) is 53.4 cm³/mol. The Morgan fingerprint density at radius 3 is 2.53 bits per heavy atom. The van der Waals surface area contributed by atoms with Crippen LogP contribution in [0.3, 0.4) is 0 Å². The molecule has 1 atom stereocenters. The lowest BCUT2D eigenvalue weighted by atomic mass is 10.2. The van der Waals surface area contributed by atoms with Gasteiger partial charge in [-0.15, -0.1) is 0 Å². The van der Waals surface area contributed by atoms with Gasteiger partial charge < -0.3 is 14.0 Å². The van der Waals surface area contributed by atoms with Crippen LogP contribution in [0.4, 0.5) is 0 Å². The summed E-state index contributed by atoms with van der Waals surface area (Å²) in [5.41, 5.74) is 0.204. The number of ether oxygens (including phenoxy) is 2. The van der Waals surface area contributed by atoms with Crippen LogP contribution in [-0.4, -0.2) is 29.0 Å². The fourth-order valence-corrected chi connectivity index (χ4v) is 1.61. The Balaban J connectivity index is 3.22. The largest absolute Gasteiger partial charge is 0.495 e. The summed E-state index contributed by atoms with van der Waals surface area (Å²) in [4.78, 5) is 11.2. The van der Waals surface area contributed by atoms with Gasteiger partial charge in [-0.25, -0.2) is 9.00 Å². The fraction of sp³-hybridized carbons (Fsp3) is 0.222. The fourth-order valence-electron chi connectivity index (χ4n) is 1.06. The lowest BCUT2D eigenvalue weighted by Gasteiger charge is -2.06. The van der Waals surface area contributed by atoms with Gasteiger partial charge in [0.2, 0.25) is 0 Å². The minimum Gasteiger partial charge on any atom is -0.495 e. The Kier molecular flexibility index (Phi) is 3.81. The normalized spacial score (nSPS) is 11.9. The first-order valence-electron chi connectivity index (χ1n) is 3.97. The van der Waals surface area contributed by atoms with Gasteiger partial charge >= 0.3 is 5.97 Å². The lowest BCUT2D eigenvalue weighted by molar-refractivity contribution is 0.0600. The molecule has 1 unspecified atom stereocenters. The summed E-state index contributed by atoms with van der Waals surface area (Å²) in [5.74, 6) is -0.312. The molecule has 1 aromatic rings. The van der Waals surface area contributed by atoms with Crippen LogP contribution in [0, 0.1) is 0 Å². The highest BCUT2D eigenvalue weighted by Gasteiger charge is 2.13. The third-order valence-electron chi connectivity index (χ3n) is 1.77. The van der Waals surface area contributed by atoms with E-state index < -0.39 is 17.0 Å². The quantitative estimate of drug-likeness (QED) is 0.621. The predicted octanol–water partition coefficient (Wildman–Crippen LogP) is 1.06. The third-order valence-corrected chi connectivity index (χ3v) is 2.47. The van der Waals surface area contributed by atoms with E-state index in [9.17, 15) is 9.00 Å². The molecule has 0 aliphatic heterocycles. The second-order valence-corrected chi connectivity index (χ2v) is 3.54. The van der Waals surface area contributed by atoms with Crippen LogP contribution in [0.1, 0.15) is 10.4 Å². The number of rotatable bonds is 3. The van der Waals surface area contributed by atoms with Gasteiger partial charge in [0.1, 0.15) is 10.6 Å². The van der Waals surface area contributed by atoms with E-state index in [-0.39, 0.29) is 16.2 Å². The SMILES string of the molecule is COC(=O)c1ccc(OC)c(S(=O)O)c1. The molecule has 6 heteroatoms. The Bertz CT molecular complexity index is 401. The molecule has 0 spiro atoms. The Morgan fingerprint density at radius 2 is 2.07 bits per heavy atom. The van der Waals surface area contributed by atoms with E-state index in [1.54, 1.807) is 0 Å². The molecule has 0 aliphatic carbocycles. The molecule has 0 aliphatic rings. The minimum atomic E-state index is -2.20. The molecule has 0 heterocycles. The molecule has 0 fully saturated rings. The molecule has 1 aromatic carbocycles. The highest BCUT2D eigenvalue weighted by molar-refractivity contribution is 7.79. The summed E-state index contributed by atoms with van der Waals surface area (Å²) < 4.78 is 29.2. The Morgan fingerprint density at radius 1 is 1.40 bits per heavy atom. The van der Waals surface area contributed by atoms with E-state index in [0.717, 1.165) is 0 Å². The van der Waals surface area contributed by atoms with Crippen molar-refractivity contribution >= 4 is 17.0 Å². The molecule has 1 N–H and O–H groups in total. The second-order valence-electron chi connectivity index (χ2n) is 2.61. The van der Waals surface area contributed by atoms with E-state index in [0.29, 0.717) is 0 Å². The van der Waals surface area contributed by atoms with E-state index in [1.165, 1.54) is 32.4 Å². The van der Waals surface area contributed by atoms with Crippen molar-refractivity contribution in [2.75, 3.05) is 14.2 Å². The van der Waals surface area contributed by atoms with Crippen molar-refractivity contribution in [3.8, 4) is 5.75 Å². The van der Waals surface area contributed by atoms with Crippen LogP contribution in [0.15, 0.2) is 23.1 Å². The summed E-state index contributed by atoms with van der Waals surface area (Å²) in [6.07, 6.45) is 0. The first-order chi connectivity index (χ1) is 7.10. The molecule has 0 radical (unpaired) electrons. The number of carbonyl (C=O) groups is 1. The van der Waals surface area contributed by atoms with E-state index in [2.05, 4.69) is 4.74 Å². The standard InChI is InChI=1S/C9H10O5S/c1-13-7-4-3-6(9(10)14-2)5-8(7)15(11)12/h3-5H,1-2H3,(H,11,12). The van der Waals surface area contributed by atoms with Crippen molar-refractivity contribution in [2.45, 2.75) is 4.90 Å². The number of esters is 1. The molecule has 1 rings (SSSR count). The van der Waals surface area contributed by atoms with E-state index >= 15 is 0 Å². The maximum absolute atomic E-state index is 11.1. The van der Waals surface area contributed by atoms with Crippen molar-refractivity contribution in [1.82, 2.24) is 0 Å². The van der Waals surface area contributed by atoms with Crippen LogP contribution in [0.2, 0.25) is 0 Å². The number of hydrogen-bond donors (Lipinski definition) is 1. The van der Waals surface area contributed by atoms with Crippen molar-refractivity contribution < 1.29 is 23.0 Å². The van der Waals surface area contributed by atoms with Gasteiger partial charge in [0.25, 0.3) is 0 Å². The summed E-state index contributed by atoms with van der Waals surface area (Å²) in [6.45, 7) is 0. The van der Waals surface area contributed by atoms with Gasteiger partial charge in [-0.1, -0.05) is 0 Å². The Hall–Kier alpha value is -1.40. The van der Waals surface area contributed by atoms with Crippen LogP contribution in [0.5, 0.6) is 5.75 Å². The maximum Gasteiger partial charge on any atom is 0.337 e. The third kappa shape index (κ3) is 2.54. The summed E-state index contributed by atoms with van der Waals surface area (Å²) in [7, 11) is 2.62. The smallest absolute Gasteiger partial charge is 0.337 e. The summed E-state index contributed by atoms with van der Waals surface area (Å²) >= 11 is -2.20. The molecule has 5 nitrogen and oxygen atoms in total. The van der Waals surface area contributed by atoms with Gasteiger partial charge in [0, 0.05) is 0 Å². The molecule has 0 saturated carbocycles. The highest BCUT2D eigenvalue weighted by Crippen LogP contribution is 2.22. The molecule has 15 heavy (non-hydrogen) atoms. The highest BCUT2D eigenvalue weighted by atomic mass is 32.2. The van der Waals surface area contributed by atoms with Gasteiger partial charge in [-0.3, -0.25) is 0 Å². The monoisotopic (exact) mass is 230 g/mol. The molecular formula is C9H10O5S. The zero-order chi connectivity index (χ0) is 11.4. The summed E-state index contributed by atoms with van der Waals surface area (Å²) in [6, 6.07) is 4.16.